The number of aryl methyl sites for hydroxylation is 1. The molecule has 0 radical (unpaired) electrons. The van der Waals surface area contributed by atoms with Crippen molar-refractivity contribution in [2.24, 2.45) is 0 Å². The highest BCUT2D eigenvalue weighted by Crippen LogP contribution is 2.28. The number of nitrogens with zero attached hydrogens (tertiary/aromatic N) is 2. The molecule has 1 aromatic heterocycles. The predicted octanol–water partition coefficient (Wildman–Crippen LogP) is 2.32. The number of imide groups is 1. The monoisotopic (exact) mass is 293 g/mol. The van der Waals surface area contributed by atoms with E-state index in [1.165, 1.54) is 22.7 Å². The van der Waals surface area contributed by atoms with Crippen LogP contribution in [0, 0.1) is 6.92 Å². The van der Waals surface area contributed by atoms with Crippen molar-refractivity contribution >= 4 is 28.3 Å². The van der Waals surface area contributed by atoms with Crippen LogP contribution in [0.2, 0.25) is 0 Å². The van der Waals surface area contributed by atoms with Gasteiger partial charge in [-0.2, -0.15) is 0 Å². The van der Waals surface area contributed by atoms with Crippen LogP contribution in [0.4, 0.5) is 5.13 Å². The third kappa shape index (κ3) is 2.57. The summed E-state index contributed by atoms with van der Waals surface area (Å²) in [6, 6.07) is -0.316. The maximum atomic E-state index is 12.4. The van der Waals surface area contributed by atoms with Crippen LogP contribution in [-0.4, -0.2) is 33.8 Å². The van der Waals surface area contributed by atoms with Crippen molar-refractivity contribution < 1.29 is 9.59 Å². The summed E-state index contributed by atoms with van der Waals surface area (Å²) in [4.78, 5) is 30.4. The van der Waals surface area contributed by atoms with Crippen molar-refractivity contribution in [1.82, 2.24) is 9.88 Å². The molecule has 1 unspecified atom stereocenters. The maximum Gasteiger partial charge on any atom is 0.252 e. The number of likely N-dealkylation sites (tertiary alicyclic amines) is 1. The lowest BCUT2D eigenvalue weighted by molar-refractivity contribution is -0.141. The Morgan fingerprint density at radius 1 is 1.30 bits per heavy atom. The first-order valence-electron chi connectivity index (χ1n) is 7.20. The van der Waals surface area contributed by atoms with E-state index in [4.69, 9.17) is 0 Å². The summed E-state index contributed by atoms with van der Waals surface area (Å²) in [6.07, 6.45) is 5.62. The Balaban J connectivity index is 1.69. The molecule has 1 saturated carbocycles. The van der Waals surface area contributed by atoms with Gasteiger partial charge in [-0.3, -0.25) is 14.5 Å². The summed E-state index contributed by atoms with van der Waals surface area (Å²) in [5.74, 6) is -0.109. The highest BCUT2D eigenvalue weighted by atomic mass is 32.1. The zero-order chi connectivity index (χ0) is 14.1. The number of anilines is 1. The van der Waals surface area contributed by atoms with Gasteiger partial charge in [0.2, 0.25) is 5.91 Å². The summed E-state index contributed by atoms with van der Waals surface area (Å²) in [5, 5.41) is 5.76. The van der Waals surface area contributed by atoms with Gasteiger partial charge in [-0.25, -0.2) is 4.98 Å². The van der Waals surface area contributed by atoms with Crippen LogP contribution in [0.3, 0.4) is 0 Å². The van der Waals surface area contributed by atoms with Crippen LogP contribution >= 0.6 is 11.3 Å². The van der Waals surface area contributed by atoms with E-state index in [1.807, 2.05) is 12.3 Å². The number of carbonyl (C=O) groups excluding carboxylic acids is 2. The van der Waals surface area contributed by atoms with Gasteiger partial charge in [-0.05, 0) is 19.8 Å². The summed E-state index contributed by atoms with van der Waals surface area (Å²) >= 11 is 1.47. The molecule has 2 heterocycles. The Kier molecular flexibility index (Phi) is 3.74. The minimum atomic E-state index is -0.435. The molecule has 1 saturated heterocycles. The van der Waals surface area contributed by atoms with Crippen LogP contribution in [0.25, 0.3) is 0 Å². The molecular weight excluding hydrogens is 274 g/mol. The first-order chi connectivity index (χ1) is 9.65. The highest BCUT2D eigenvalue weighted by Gasteiger charge is 2.42. The van der Waals surface area contributed by atoms with Crippen LogP contribution in [-0.2, 0) is 9.59 Å². The molecule has 0 bridgehead atoms. The second kappa shape index (κ2) is 5.52. The van der Waals surface area contributed by atoms with Gasteiger partial charge in [0, 0.05) is 11.4 Å². The normalized spacial score (nSPS) is 24.4. The molecule has 2 fully saturated rings. The summed E-state index contributed by atoms with van der Waals surface area (Å²) in [6.45, 7) is 1.91. The van der Waals surface area contributed by atoms with Gasteiger partial charge in [-0.1, -0.05) is 19.3 Å². The first kappa shape index (κ1) is 13.5. The molecule has 1 aliphatic heterocycles. The van der Waals surface area contributed by atoms with Gasteiger partial charge >= 0.3 is 0 Å². The molecule has 0 spiro atoms. The molecule has 5 nitrogen and oxygen atoms in total. The molecule has 3 rings (SSSR count). The number of thiazole rings is 1. The van der Waals surface area contributed by atoms with Crippen molar-refractivity contribution in [2.45, 2.75) is 57.5 Å². The van der Waals surface area contributed by atoms with E-state index in [9.17, 15) is 9.59 Å². The van der Waals surface area contributed by atoms with Crippen molar-refractivity contribution in [1.29, 1.82) is 0 Å². The Labute approximate surface area is 122 Å². The van der Waals surface area contributed by atoms with Crippen molar-refractivity contribution in [2.75, 3.05) is 5.32 Å². The predicted molar refractivity (Wildman–Crippen MR) is 77.6 cm³/mol. The molecule has 1 N–H and O–H groups in total. The average molecular weight is 293 g/mol. The largest absolute Gasteiger partial charge is 0.349 e. The topological polar surface area (TPSA) is 62.3 Å². The number of hydrogen-bond donors (Lipinski definition) is 1. The lowest BCUT2D eigenvalue weighted by Gasteiger charge is -2.29. The maximum absolute atomic E-state index is 12.4. The van der Waals surface area contributed by atoms with Gasteiger partial charge in [-0.15, -0.1) is 11.3 Å². The molecule has 20 heavy (non-hydrogen) atoms. The molecular formula is C14H19N3O2S. The standard InChI is InChI=1S/C14H19N3O2S/c1-9-8-20-14(15-9)16-11-7-12(18)17(13(11)19)10-5-3-2-4-6-10/h8,10-11H,2-7H2,1H3,(H,15,16). The van der Waals surface area contributed by atoms with E-state index < -0.39 is 6.04 Å². The third-order valence-corrected chi connectivity index (χ3v) is 4.93. The lowest BCUT2D eigenvalue weighted by Crippen LogP contribution is -2.43. The second-order valence-electron chi connectivity index (χ2n) is 5.59. The van der Waals surface area contributed by atoms with Crippen molar-refractivity contribution in [3.63, 3.8) is 0 Å². The number of amides is 2. The fourth-order valence-electron chi connectivity index (χ4n) is 3.06. The van der Waals surface area contributed by atoms with Crippen LogP contribution in [0.15, 0.2) is 5.38 Å². The van der Waals surface area contributed by atoms with Crippen LogP contribution in [0.1, 0.15) is 44.2 Å². The summed E-state index contributed by atoms with van der Waals surface area (Å²) in [5.41, 5.74) is 0.929. The minimum absolute atomic E-state index is 0.0346. The molecule has 0 aromatic carbocycles. The van der Waals surface area contributed by atoms with Gasteiger partial charge < -0.3 is 5.32 Å². The number of carbonyl (C=O) groups is 2. The minimum Gasteiger partial charge on any atom is -0.349 e. The van der Waals surface area contributed by atoms with Gasteiger partial charge in [0.25, 0.3) is 5.91 Å². The number of rotatable bonds is 3. The van der Waals surface area contributed by atoms with Crippen molar-refractivity contribution in [3.8, 4) is 0 Å². The fraction of sp³-hybridized carbons (Fsp3) is 0.643. The van der Waals surface area contributed by atoms with E-state index >= 15 is 0 Å². The van der Waals surface area contributed by atoms with E-state index in [0.717, 1.165) is 36.5 Å². The van der Waals surface area contributed by atoms with Gasteiger partial charge in [0.1, 0.15) is 6.04 Å². The Morgan fingerprint density at radius 2 is 2.05 bits per heavy atom. The zero-order valence-electron chi connectivity index (χ0n) is 11.6. The number of nitrogens with one attached hydrogen (secondary N) is 1. The van der Waals surface area contributed by atoms with Crippen LogP contribution < -0.4 is 5.32 Å². The summed E-state index contributed by atoms with van der Waals surface area (Å²) < 4.78 is 0. The summed E-state index contributed by atoms with van der Waals surface area (Å²) in [7, 11) is 0. The number of aromatic nitrogens is 1. The van der Waals surface area contributed by atoms with Crippen molar-refractivity contribution in [3.05, 3.63) is 11.1 Å². The molecule has 2 amide bonds. The van der Waals surface area contributed by atoms with E-state index in [2.05, 4.69) is 10.3 Å². The van der Waals surface area contributed by atoms with Crippen LogP contribution in [0.5, 0.6) is 0 Å². The average Bonchev–Trinajstić information content (AvgIpc) is 2.96. The zero-order valence-corrected chi connectivity index (χ0v) is 12.4. The Morgan fingerprint density at radius 3 is 2.70 bits per heavy atom. The Bertz CT molecular complexity index is 522. The molecule has 1 aromatic rings. The Hall–Kier alpha value is -1.43. The first-order valence-corrected chi connectivity index (χ1v) is 8.07. The second-order valence-corrected chi connectivity index (χ2v) is 6.45. The number of hydrogen-bond acceptors (Lipinski definition) is 5. The molecule has 6 heteroatoms. The quantitative estimate of drug-likeness (QED) is 0.869. The lowest BCUT2D eigenvalue weighted by atomic mass is 9.94. The van der Waals surface area contributed by atoms with E-state index in [-0.39, 0.29) is 24.3 Å². The SMILES string of the molecule is Cc1csc(NC2CC(=O)N(C3CCCCC3)C2=O)n1. The third-order valence-electron chi connectivity index (χ3n) is 4.04. The van der Waals surface area contributed by atoms with Gasteiger partial charge in [0.05, 0.1) is 12.1 Å². The molecule has 1 atom stereocenters. The van der Waals surface area contributed by atoms with E-state index in [1.54, 1.807) is 0 Å². The van der Waals surface area contributed by atoms with Gasteiger partial charge in [0.15, 0.2) is 5.13 Å². The molecule has 2 aliphatic rings. The molecule has 108 valence electrons. The van der Waals surface area contributed by atoms with E-state index in [0.29, 0.717) is 0 Å². The fourth-order valence-corrected chi connectivity index (χ4v) is 3.80. The smallest absolute Gasteiger partial charge is 0.252 e. The highest BCUT2D eigenvalue weighted by molar-refractivity contribution is 7.13. The molecule has 1 aliphatic carbocycles.